The van der Waals surface area contributed by atoms with Gasteiger partial charge < -0.3 is 15.8 Å². The maximum Gasteiger partial charge on any atom is 0.573 e. The monoisotopic (exact) mass is 352 g/mol. The van der Waals surface area contributed by atoms with E-state index in [4.69, 9.17) is 5.73 Å². The minimum Gasteiger partial charge on any atom is -0.405 e. The van der Waals surface area contributed by atoms with Gasteiger partial charge in [0.1, 0.15) is 5.75 Å². The minimum atomic E-state index is -4.75. The topological polar surface area (TPSA) is 64.4 Å². The molecule has 0 unspecified atom stereocenters. The van der Waals surface area contributed by atoms with Gasteiger partial charge in [0, 0.05) is 24.6 Å². The van der Waals surface area contributed by atoms with Gasteiger partial charge in [-0.1, -0.05) is 24.6 Å². The standard InChI is InChI=1S/C15H19F3N2O2.ClH/c16-15(17,18)22-13-7-2-1-4-11(13)9-20-14(21)8-10-5-3-6-12(10)19;/h1-2,4,7,10,12H,3,5-6,8-9,19H2,(H,20,21);1H/t10-,12+;/m0./s1. The third-order valence-electron chi connectivity index (χ3n) is 3.84. The van der Waals surface area contributed by atoms with E-state index in [9.17, 15) is 18.0 Å². The van der Waals surface area contributed by atoms with E-state index in [1.165, 1.54) is 18.2 Å². The Morgan fingerprint density at radius 3 is 2.61 bits per heavy atom. The molecule has 1 aliphatic carbocycles. The van der Waals surface area contributed by atoms with Crippen LogP contribution in [0.25, 0.3) is 0 Å². The van der Waals surface area contributed by atoms with Crippen LogP contribution in [-0.4, -0.2) is 18.3 Å². The fourth-order valence-electron chi connectivity index (χ4n) is 2.70. The number of halogens is 4. The summed E-state index contributed by atoms with van der Waals surface area (Å²) in [4.78, 5) is 11.9. The molecule has 1 aliphatic rings. The third kappa shape index (κ3) is 6.27. The predicted octanol–water partition coefficient (Wildman–Crippen LogP) is 3.14. The number of nitrogens with two attached hydrogens (primary N) is 1. The molecule has 8 heteroatoms. The zero-order chi connectivity index (χ0) is 16.2. The summed E-state index contributed by atoms with van der Waals surface area (Å²) in [5.74, 6) is -0.348. The largest absolute Gasteiger partial charge is 0.573 e. The normalized spacial score (nSPS) is 20.7. The maximum atomic E-state index is 12.3. The Morgan fingerprint density at radius 2 is 2.00 bits per heavy atom. The smallest absolute Gasteiger partial charge is 0.405 e. The average molecular weight is 353 g/mol. The van der Waals surface area contributed by atoms with Crippen molar-refractivity contribution in [2.45, 2.75) is 44.6 Å². The molecule has 1 saturated carbocycles. The minimum absolute atomic E-state index is 0. The Labute approximate surface area is 139 Å². The fraction of sp³-hybridized carbons (Fsp3) is 0.533. The number of para-hydroxylation sites is 1. The van der Waals surface area contributed by atoms with Crippen LogP contribution in [0.15, 0.2) is 24.3 Å². The molecule has 1 aromatic carbocycles. The van der Waals surface area contributed by atoms with Crippen molar-refractivity contribution in [3.8, 4) is 5.75 Å². The molecule has 1 fully saturated rings. The highest BCUT2D eigenvalue weighted by atomic mass is 35.5. The van der Waals surface area contributed by atoms with Crippen molar-refractivity contribution in [2.24, 2.45) is 11.7 Å². The van der Waals surface area contributed by atoms with Crippen molar-refractivity contribution in [2.75, 3.05) is 0 Å². The number of rotatable bonds is 5. The predicted molar refractivity (Wildman–Crippen MR) is 82.2 cm³/mol. The SMILES string of the molecule is Cl.N[C@@H]1CCC[C@H]1CC(=O)NCc1ccccc1OC(F)(F)F. The second-order valence-electron chi connectivity index (χ2n) is 5.49. The molecule has 0 aliphatic heterocycles. The lowest BCUT2D eigenvalue weighted by atomic mass is 10.00. The van der Waals surface area contributed by atoms with E-state index in [0.717, 1.165) is 19.3 Å². The van der Waals surface area contributed by atoms with E-state index in [1.54, 1.807) is 6.07 Å². The molecule has 0 spiro atoms. The van der Waals surface area contributed by atoms with Gasteiger partial charge in [0.05, 0.1) is 0 Å². The van der Waals surface area contributed by atoms with Crippen LogP contribution in [0.4, 0.5) is 13.2 Å². The Bertz CT molecular complexity index is 526. The van der Waals surface area contributed by atoms with Gasteiger partial charge in [0.15, 0.2) is 0 Å². The number of nitrogens with one attached hydrogen (secondary N) is 1. The van der Waals surface area contributed by atoms with E-state index in [-0.39, 0.29) is 48.1 Å². The lowest BCUT2D eigenvalue weighted by Gasteiger charge is -2.16. The van der Waals surface area contributed by atoms with Gasteiger partial charge in [0.25, 0.3) is 0 Å². The first-order valence-electron chi connectivity index (χ1n) is 7.21. The van der Waals surface area contributed by atoms with Crippen molar-refractivity contribution in [1.29, 1.82) is 0 Å². The molecule has 0 aromatic heterocycles. The summed E-state index contributed by atoms with van der Waals surface area (Å²) in [5.41, 5.74) is 6.18. The molecular weight excluding hydrogens is 333 g/mol. The van der Waals surface area contributed by atoms with Crippen molar-refractivity contribution >= 4 is 18.3 Å². The highest BCUT2D eigenvalue weighted by Crippen LogP contribution is 2.28. The number of ether oxygens (including phenoxy) is 1. The van der Waals surface area contributed by atoms with Gasteiger partial charge in [-0.25, -0.2) is 0 Å². The molecule has 130 valence electrons. The number of carbonyl (C=O) groups is 1. The fourth-order valence-corrected chi connectivity index (χ4v) is 2.70. The average Bonchev–Trinajstić information content (AvgIpc) is 2.81. The van der Waals surface area contributed by atoms with E-state index in [1.807, 2.05) is 0 Å². The summed E-state index contributed by atoms with van der Waals surface area (Å²) >= 11 is 0. The second kappa shape index (κ2) is 8.40. The van der Waals surface area contributed by atoms with Crippen LogP contribution in [0, 0.1) is 5.92 Å². The summed E-state index contributed by atoms with van der Waals surface area (Å²) in [6, 6.07) is 5.79. The molecule has 0 radical (unpaired) electrons. The second-order valence-corrected chi connectivity index (χ2v) is 5.49. The van der Waals surface area contributed by atoms with Crippen molar-refractivity contribution in [3.05, 3.63) is 29.8 Å². The molecule has 1 aromatic rings. The summed E-state index contributed by atoms with van der Waals surface area (Å²) in [5, 5.41) is 2.63. The van der Waals surface area contributed by atoms with Gasteiger partial charge >= 0.3 is 6.36 Å². The zero-order valence-electron chi connectivity index (χ0n) is 12.4. The lowest BCUT2D eigenvalue weighted by Crippen LogP contribution is -2.31. The number of benzene rings is 1. The molecule has 2 rings (SSSR count). The Kier molecular flexibility index (Phi) is 7.15. The van der Waals surface area contributed by atoms with Gasteiger partial charge in [-0.15, -0.1) is 25.6 Å². The summed E-state index contributed by atoms with van der Waals surface area (Å²) in [6.07, 6.45) is -1.59. The molecule has 2 atom stereocenters. The first-order chi connectivity index (χ1) is 10.3. The van der Waals surface area contributed by atoms with E-state index >= 15 is 0 Å². The van der Waals surface area contributed by atoms with E-state index < -0.39 is 6.36 Å². The highest BCUT2D eigenvalue weighted by Gasteiger charge is 2.32. The number of alkyl halides is 3. The molecule has 0 saturated heterocycles. The first-order valence-corrected chi connectivity index (χ1v) is 7.21. The Balaban J connectivity index is 0.00000264. The molecule has 1 amide bonds. The molecular formula is C15H20ClF3N2O2. The highest BCUT2D eigenvalue weighted by molar-refractivity contribution is 5.85. The van der Waals surface area contributed by atoms with Crippen LogP contribution >= 0.6 is 12.4 Å². The third-order valence-corrected chi connectivity index (χ3v) is 3.84. The van der Waals surface area contributed by atoms with Gasteiger partial charge in [-0.3, -0.25) is 4.79 Å². The summed E-state index contributed by atoms with van der Waals surface area (Å²) in [7, 11) is 0. The van der Waals surface area contributed by atoms with E-state index in [2.05, 4.69) is 10.1 Å². The molecule has 4 nitrogen and oxygen atoms in total. The van der Waals surface area contributed by atoms with Crippen LogP contribution in [0.3, 0.4) is 0 Å². The Morgan fingerprint density at radius 1 is 1.30 bits per heavy atom. The summed E-state index contributed by atoms with van der Waals surface area (Å²) < 4.78 is 40.9. The van der Waals surface area contributed by atoms with Gasteiger partial charge in [-0.2, -0.15) is 0 Å². The van der Waals surface area contributed by atoms with Crippen LogP contribution in [-0.2, 0) is 11.3 Å². The van der Waals surface area contributed by atoms with E-state index in [0.29, 0.717) is 6.42 Å². The maximum absolute atomic E-state index is 12.3. The van der Waals surface area contributed by atoms with Gasteiger partial charge in [-0.05, 0) is 24.8 Å². The molecule has 0 bridgehead atoms. The molecule has 3 N–H and O–H groups in total. The quantitative estimate of drug-likeness (QED) is 0.855. The van der Waals surface area contributed by atoms with Crippen molar-refractivity contribution in [3.63, 3.8) is 0 Å². The van der Waals surface area contributed by atoms with Crippen LogP contribution in [0.1, 0.15) is 31.2 Å². The molecule has 0 heterocycles. The van der Waals surface area contributed by atoms with Crippen LogP contribution in [0.2, 0.25) is 0 Å². The van der Waals surface area contributed by atoms with Crippen molar-refractivity contribution in [1.82, 2.24) is 5.32 Å². The summed E-state index contributed by atoms with van der Waals surface area (Å²) in [6.45, 7) is -0.00690. The van der Waals surface area contributed by atoms with Crippen LogP contribution < -0.4 is 15.8 Å². The zero-order valence-corrected chi connectivity index (χ0v) is 13.3. The van der Waals surface area contributed by atoms with Crippen molar-refractivity contribution < 1.29 is 22.7 Å². The number of carbonyl (C=O) groups excluding carboxylic acids is 1. The number of hydrogen-bond acceptors (Lipinski definition) is 3. The number of amides is 1. The number of hydrogen-bond donors (Lipinski definition) is 2. The molecule has 23 heavy (non-hydrogen) atoms. The first kappa shape index (κ1) is 19.6. The lowest BCUT2D eigenvalue weighted by molar-refractivity contribution is -0.274. The van der Waals surface area contributed by atoms with Crippen LogP contribution in [0.5, 0.6) is 5.75 Å². The Hall–Kier alpha value is -1.47. The van der Waals surface area contributed by atoms with Gasteiger partial charge in [0.2, 0.25) is 5.91 Å².